The highest BCUT2D eigenvalue weighted by atomic mass is 28.4. The van der Waals surface area contributed by atoms with E-state index in [1.807, 2.05) is 0 Å². The maximum Gasteiger partial charge on any atom is 0.454 e. The quantitative estimate of drug-likeness (QED) is 0.525. The summed E-state index contributed by atoms with van der Waals surface area (Å²) in [5, 5.41) is 0. The van der Waals surface area contributed by atoms with E-state index in [9.17, 15) is 0 Å². The maximum atomic E-state index is 6.63. The first kappa shape index (κ1) is 21.6. The van der Waals surface area contributed by atoms with Crippen molar-refractivity contribution in [2.75, 3.05) is 0 Å². The summed E-state index contributed by atoms with van der Waals surface area (Å²) in [7, 11) is -2.47. The number of hydrogen-bond donors (Lipinski definition) is 0. The summed E-state index contributed by atoms with van der Waals surface area (Å²) in [4.78, 5) is 0. The molecule has 0 spiro atoms. The summed E-state index contributed by atoms with van der Waals surface area (Å²) >= 11 is 0. The summed E-state index contributed by atoms with van der Waals surface area (Å²) in [5.41, 5.74) is 4.82. The molecule has 0 amide bonds. The third-order valence-electron chi connectivity index (χ3n) is 4.74. The Balaban J connectivity index is 2.44. The molecule has 0 N–H and O–H groups in total. The van der Waals surface area contributed by atoms with Crippen molar-refractivity contribution in [1.82, 2.24) is 0 Å². The molecule has 0 aliphatic heterocycles. The predicted molar refractivity (Wildman–Crippen MR) is 118 cm³/mol. The number of rotatable bonds is 4. The Kier molecular flexibility index (Phi) is 5.87. The minimum absolute atomic E-state index is 0.0189. The molecule has 0 unspecified atom stereocenters. The maximum absolute atomic E-state index is 6.63. The van der Waals surface area contributed by atoms with E-state index in [2.05, 4.69) is 105 Å². The first-order valence-corrected chi connectivity index (χ1v) is 12.6. The number of aryl methyl sites for hydroxylation is 2. The summed E-state index contributed by atoms with van der Waals surface area (Å²) in [5.74, 6) is 1.96. The van der Waals surface area contributed by atoms with E-state index in [1.165, 1.54) is 11.1 Å². The third kappa shape index (κ3) is 5.16. The van der Waals surface area contributed by atoms with Gasteiger partial charge in [-0.05, 0) is 46.9 Å². The molecule has 0 aliphatic rings. The standard InChI is InChI=1S/C24H36O2Si/c1-17-13-11-15-19(23(3,4)5)21(17)25-27(9,10)26-22-18(2)14-12-16-20(22)24(6,7)8/h11-16H,1-10H3. The van der Waals surface area contributed by atoms with Gasteiger partial charge in [0, 0.05) is 13.1 Å². The van der Waals surface area contributed by atoms with Crippen LogP contribution < -0.4 is 8.85 Å². The van der Waals surface area contributed by atoms with Crippen LogP contribution in [0.25, 0.3) is 0 Å². The van der Waals surface area contributed by atoms with Gasteiger partial charge in [0.1, 0.15) is 11.5 Å². The van der Waals surface area contributed by atoms with E-state index in [0.717, 1.165) is 22.6 Å². The van der Waals surface area contributed by atoms with Crippen LogP contribution in [0.3, 0.4) is 0 Å². The molecule has 2 nitrogen and oxygen atoms in total. The molecule has 2 rings (SSSR count). The summed E-state index contributed by atoms with van der Waals surface area (Å²) in [6, 6.07) is 12.8. The van der Waals surface area contributed by atoms with E-state index in [1.54, 1.807) is 0 Å². The van der Waals surface area contributed by atoms with Gasteiger partial charge in [0.05, 0.1) is 0 Å². The summed E-state index contributed by atoms with van der Waals surface area (Å²) < 4.78 is 13.3. The minimum atomic E-state index is -2.47. The Morgan fingerprint density at radius 2 is 0.963 bits per heavy atom. The Morgan fingerprint density at radius 3 is 1.26 bits per heavy atom. The third-order valence-corrected chi connectivity index (χ3v) is 6.13. The Morgan fingerprint density at radius 1 is 0.630 bits per heavy atom. The molecule has 0 heterocycles. The van der Waals surface area contributed by atoms with Crippen LogP contribution in [-0.4, -0.2) is 8.56 Å². The number of hydrogen-bond acceptors (Lipinski definition) is 2. The monoisotopic (exact) mass is 384 g/mol. The van der Waals surface area contributed by atoms with E-state index in [-0.39, 0.29) is 10.8 Å². The molecule has 0 bridgehead atoms. The van der Waals surface area contributed by atoms with Gasteiger partial charge in [-0.3, -0.25) is 0 Å². The van der Waals surface area contributed by atoms with Crippen LogP contribution in [-0.2, 0) is 10.8 Å². The number of benzene rings is 2. The Hall–Kier alpha value is -1.74. The van der Waals surface area contributed by atoms with E-state index in [0.29, 0.717) is 0 Å². The van der Waals surface area contributed by atoms with Gasteiger partial charge in [0.25, 0.3) is 0 Å². The van der Waals surface area contributed by atoms with Crippen molar-refractivity contribution in [1.29, 1.82) is 0 Å². The van der Waals surface area contributed by atoms with Gasteiger partial charge in [0.2, 0.25) is 0 Å². The van der Waals surface area contributed by atoms with Crippen molar-refractivity contribution < 1.29 is 8.85 Å². The molecule has 148 valence electrons. The van der Waals surface area contributed by atoms with Crippen LogP contribution in [0.5, 0.6) is 11.5 Å². The fraction of sp³-hybridized carbons (Fsp3) is 0.500. The average Bonchev–Trinajstić information content (AvgIpc) is 2.48. The normalized spacial score (nSPS) is 12.8. The molecule has 0 atom stereocenters. The van der Waals surface area contributed by atoms with Gasteiger partial charge in [0.15, 0.2) is 0 Å². The van der Waals surface area contributed by atoms with E-state index < -0.39 is 8.56 Å². The van der Waals surface area contributed by atoms with Crippen molar-refractivity contribution in [2.45, 2.75) is 79.3 Å². The van der Waals surface area contributed by atoms with Crippen LogP contribution in [0.2, 0.25) is 13.1 Å². The zero-order valence-electron chi connectivity index (χ0n) is 18.8. The molecule has 3 heteroatoms. The van der Waals surface area contributed by atoms with Crippen LogP contribution in [0.4, 0.5) is 0 Å². The lowest BCUT2D eigenvalue weighted by Gasteiger charge is -2.33. The van der Waals surface area contributed by atoms with Crippen molar-refractivity contribution in [3.05, 3.63) is 58.7 Å². The van der Waals surface area contributed by atoms with Crippen molar-refractivity contribution in [2.24, 2.45) is 0 Å². The lowest BCUT2D eigenvalue weighted by Crippen LogP contribution is -2.43. The lowest BCUT2D eigenvalue weighted by atomic mass is 9.85. The van der Waals surface area contributed by atoms with Crippen molar-refractivity contribution in [3.8, 4) is 11.5 Å². The molecule has 2 aromatic rings. The largest absolute Gasteiger partial charge is 0.512 e. The highest BCUT2D eigenvalue weighted by Gasteiger charge is 2.34. The van der Waals surface area contributed by atoms with Crippen molar-refractivity contribution >= 4 is 8.56 Å². The molecule has 0 fully saturated rings. The second-order valence-electron chi connectivity index (χ2n) is 10.0. The first-order valence-electron chi connectivity index (χ1n) is 9.80. The molecule has 0 saturated carbocycles. The van der Waals surface area contributed by atoms with Gasteiger partial charge in [-0.15, -0.1) is 0 Å². The topological polar surface area (TPSA) is 18.5 Å². The Bertz CT molecular complexity index is 741. The van der Waals surface area contributed by atoms with Gasteiger partial charge >= 0.3 is 8.56 Å². The summed E-state index contributed by atoms with van der Waals surface area (Å²) in [6.45, 7) is 21.8. The molecule has 0 radical (unpaired) electrons. The SMILES string of the molecule is Cc1cccc(C(C)(C)C)c1O[Si](C)(C)Oc1c(C)cccc1C(C)(C)C. The number of para-hydroxylation sites is 2. The zero-order chi connectivity index (χ0) is 20.6. The van der Waals surface area contributed by atoms with Gasteiger partial charge < -0.3 is 8.85 Å². The highest BCUT2D eigenvalue weighted by molar-refractivity contribution is 6.66. The fourth-order valence-electron chi connectivity index (χ4n) is 3.27. The molecule has 0 aromatic heterocycles. The van der Waals surface area contributed by atoms with Gasteiger partial charge in [-0.2, -0.15) is 0 Å². The van der Waals surface area contributed by atoms with E-state index >= 15 is 0 Å². The van der Waals surface area contributed by atoms with Crippen LogP contribution >= 0.6 is 0 Å². The van der Waals surface area contributed by atoms with Gasteiger partial charge in [-0.25, -0.2) is 0 Å². The zero-order valence-corrected chi connectivity index (χ0v) is 19.8. The molecular formula is C24H36O2Si. The second-order valence-corrected chi connectivity index (χ2v) is 13.2. The highest BCUT2D eigenvalue weighted by Crippen LogP contribution is 2.38. The van der Waals surface area contributed by atoms with Crippen LogP contribution in [0, 0.1) is 13.8 Å². The molecule has 0 aliphatic carbocycles. The second kappa shape index (κ2) is 7.35. The fourth-order valence-corrected chi connectivity index (χ4v) is 4.84. The predicted octanol–water partition coefficient (Wildman–Crippen LogP) is 7.06. The minimum Gasteiger partial charge on any atom is -0.512 e. The smallest absolute Gasteiger partial charge is 0.454 e. The molecule has 27 heavy (non-hydrogen) atoms. The lowest BCUT2D eigenvalue weighted by molar-refractivity contribution is 0.380. The molecule has 2 aromatic carbocycles. The summed E-state index contributed by atoms with van der Waals surface area (Å²) in [6.07, 6.45) is 0. The van der Waals surface area contributed by atoms with E-state index in [4.69, 9.17) is 8.85 Å². The van der Waals surface area contributed by atoms with Gasteiger partial charge in [-0.1, -0.05) is 77.9 Å². The van der Waals surface area contributed by atoms with Crippen LogP contribution in [0.15, 0.2) is 36.4 Å². The van der Waals surface area contributed by atoms with Crippen molar-refractivity contribution in [3.63, 3.8) is 0 Å². The van der Waals surface area contributed by atoms with Crippen LogP contribution in [0.1, 0.15) is 63.8 Å². The average molecular weight is 385 g/mol. The first-order chi connectivity index (χ1) is 12.2. The Labute approximate surface area is 167 Å². The molecule has 0 saturated heterocycles. The molecular weight excluding hydrogens is 348 g/mol.